The van der Waals surface area contributed by atoms with E-state index >= 15 is 0 Å². The number of nitrogens with zero attached hydrogens (tertiary/aromatic N) is 2. The third-order valence-electron chi connectivity index (χ3n) is 2.76. The van der Waals surface area contributed by atoms with Gasteiger partial charge in [0.25, 0.3) is 5.91 Å². The summed E-state index contributed by atoms with van der Waals surface area (Å²) in [7, 11) is 0. The van der Waals surface area contributed by atoms with Gasteiger partial charge in [0, 0.05) is 19.1 Å². The minimum absolute atomic E-state index is 0.0301. The van der Waals surface area contributed by atoms with Crippen LogP contribution in [0.25, 0.3) is 0 Å². The van der Waals surface area contributed by atoms with Crippen molar-refractivity contribution < 1.29 is 4.79 Å². The lowest BCUT2D eigenvalue weighted by molar-refractivity contribution is 0.0709. The number of carbonyl (C=O) groups excluding carboxylic acids is 1. The second-order valence-corrected chi connectivity index (χ2v) is 4.01. The van der Waals surface area contributed by atoms with Gasteiger partial charge in [-0.15, -0.1) is 0 Å². The van der Waals surface area contributed by atoms with Crippen molar-refractivity contribution >= 4 is 5.91 Å². The highest BCUT2D eigenvalue weighted by Crippen LogP contribution is 2.11. The number of imidazole rings is 1. The van der Waals surface area contributed by atoms with E-state index in [-0.39, 0.29) is 11.9 Å². The first kappa shape index (κ1) is 10.2. The first-order valence-electron chi connectivity index (χ1n) is 5.23. The molecular formula is C10H16N4O. The zero-order valence-electron chi connectivity index (χ0n) is 8.86. The van der Waals surface area contributed by atoms with Crippen molar-refractivity contribution in [2.45, 2.75) is 25.8 Å². The molecule has 1 aliphatic heterocycles. The fraction of sp³-hybridized carbons (Fsp3) is 0.600. The van der Waals surface area contributed by atoms with E-state index < -0.39 is 0 Å². The standard InChI is InChI=1S/C10H16N4O/c1-7-12-6-9(13-7)10(15)14-4-2-8(11)3-5-14/h6,8H,2-5,11H2,1H3,(H,12,13). The van der Waals surface area contributed by atoms with Crippen LogP contribution in [-0.4, -0.2) is 39.9 Å². The number of hydrogen-bond acceptors (Lipinski definition) is 3. The lowest BCUT2D eigenvalue weighted by atomic mass is 10.1. The molecule has 1 aliphatic rings. The average Bonchev–Trinajstić information content (AvgIpc) is 2.65. The Balaban J connectivity index is 2.02. The zero-order valence-corrected chi connectivity index (χ0v) is 8.86. The molecule has 1 fully saturated rings. The van der Waals surface area contributed by atoms with Gasteiger partial charge in [0.05, 0.1) is 6.20 Å². The van der Waals surface area contributed by atoms with Gasteiger partial charge in [0.15, 0.2) is 0 Å². The van der Waals surface area contributed by atoms with Crippen LogP contribution in [0.3, 0.4) is 0 Å². The summed E-state index contributed by atoms with van der Waals surface area (Å²) in [5.41, 5.74) is 6.35. The number of nitrogens with two attached hydrogens (primary N) is 1. The molecule has 0 atom stereocenters. The van der Waals surface area contributed by atoms with Gasteiger partial charge in [-0.3, -0.25) is 4.79 Å². The van der Waals surface area contributed by atoms with E-state index in [1.807, 2.05) is 11.8 Å². The third-order valence-corrected chi connectivity index (χ3v) is 2.76. The Hall–Kier alpha value is -1.36. The van der Waals surface area contributed by atoms with Crippen LogP contribution in [-0.2, 0) is 0 Å². The van der Waals surface area contributed by atoms with Crippen LogP contribution in [0, 0.1) is 6.92 Å². The summed E-state index contributed by atoms with van der Waals surface area (Å²) in [5, 5.41) is 0. The van der Waals surface area contributed by atoms with Crippen LogP contribution < -0.4 is 5.73 Å². The molecule has 1 saturated heterocycles. The Morgan fingerprint density at radius 3 is 2.80 bits per heavy atom. The van der Waals surface area contributed by atoms with Crippen LogP contribution >= 0.6 is 0 Å². The number of hydrogen-bond donors (Lipinski definition) is 2. The molecule has 0 radical (unpaired) electrons. The summed E-state index contributed by atoms with van der Waals surface area (Å²) in [4.78, 5) is 20.7. The number of carbonyl (C=O) groups is 1. The molecular weight excluding hydrogens is 192 g/mol. The van der Waals surface area contributed by atoms with Crippen LogP contribution in [0.5, 0.6) is 0 Å². The topological polar surface area (TPSA) is 75.0 Å². The van der Waals surface area contributed by atoms with Gasteiger partial charge in [-0.25, -0.2) is 4.98 Å². The first-order chi connectivity index (χ1) is 7.16. The van der Waals surface area contributed by atoms with Crippen molar-refractivity contribution in [3.05, 3.63) is 17.7 Å². The number of aromatic amines is 1. The Morgan fingerprint density at radius 2 is 2.27 bits per heavy atom. The van der Waals surface area contributed by atoms with E-state index in [1.165, 1.54) is 0 Å². The number of aryl methyl sites for hydroxylation is 1. The maximum atomic E-state index is 11.9. The van der Waals surface area contributed by atoms with Crippen molar-refractivity contribution in [3.8, 4) is 0 Å². The quantitative estimate of drug-likeness (QED) is 0.696. The smallest absolute Gasteiger partial charge is 0.271 e. The third kappa shape index (κ3) is 2.18. The van der Waals surface area contributed by atoms with E-state index in [0.717, 1.165) is 31.8 Å². The fourth-order valence-electron chi connectivity index (χ4n) is 1.80. The Labute approximate surface area is 88.7 Å². The van der Waals surface area contributed by atoms with E-state index in [1.54, 1.807) is 6.20 Å². The highest BCUT2D eigenvalue weighted by Gasteiger charge is 2.22. The van der Waals surface area contributed by atoms with Crippen molar-refractivity contribution in [1.82, 2.24) is 14.9 Å². The molecule has 0 aliphatic carbocycles. The highest BCUT2D eigenvalue weighted by molar-refractivity contribution is 5.92. The summed E-state index contributed by atoms with van der Waals surface area (Å²) in [6.45, 7) is 3.33. The molecule has 82 valence electrons. The van der Waals surface area contributed by atoms with Gasteiger partial charge in [-0.1, -0.05) is 0 Å². The monoisotopic (exact) mass is 208 g/mol. The molecule has 2 heterocycles. The number of likely N-dealkylation sites (tertiary alicyclic amines) is 1. The molecule has 2 rings (SSSR count). The number of aromatic nitrogens is 2. The van der Waals surface area contributed by atoms with E-state index in [0.29, 0.717) is 5.69 Å². The second-order valence-electron chi connectivity index (χ2n) is 4.01. The van der Waals surface area contributed by atoms with Crippen molar-refractivity contribution in [3.63, 3.8) is 0 Å². The zero-order chi connectivity index (χ0) is 10.8. The molecule has 0 bridgehead atoms. The molecule has 5 nitrogen and oxygen atoms in total. The first-order valence-corrected chi connectivity index (χ1v) is 5.23. The summed E-state index contributed by atoms with van der Waals surface area (Å²) < 4.78 is 0. The Morgan fingerprint density at radius 1 is 1.60 bits per heavy atom. The van der Waals surface area contributed by atoms with Gasteiger partial charge >= 0.3 is 0 Å². The molecule has 0 aromatic carbocycles. The molecule has 15 heavy (non-hydrogen) atoms. The number of nitrogens with one attached hydrogen (secondary N) is 1. The van der Waals surface area contributed by atoms with Crippen molar-refractivity contribution in [2.24, 2.45) is 5.73 Å². The van der Waals surface area contributed by atoms with Gasteiger partial charge < -0.3 is 15.6 Å². The van der Waals surface area contributed by atoms with Gasteiger partial charge in [0.2, 0.25) is 0 Å². The van der Waals surface area contributed by atoms with Gasteiger partial charge in [-0.2, -0.15) is 0 Å². The SMILES string of the molecule is Cc1ncc(C(=O)N2CCC(N)CC2)[nH]1. The second kappa shape index (κ2) is 4.02. The van der Waals surface area contributed by atoms with Crippen LogP contribution in [0.15, 0.2) is 6.20 Å². The number of amides is 1. The van der Waals surface area contributed by atoms with Crippen LogP contribution in [0.1, 0.15) is 29.2 Å². The molecule has 1 aromatic rings. The maximum Gasteiger partial charge on any atom is 0.271 e. The summed E-state index contributed by atoms with van der Waals surface area (Å²) in [6.07, 6.45) is 3.36. The number of piperidine rings is 1. The Bertz CT molecular complexity index is 352. The lowest BCUT2D eigenvalue weighted by Crippen LogP contribution is -2.42. The summed E-state index contributed by atoms with van der Waals surface area (Å²) in [6, 6.07) is 0.248. The van der Waals surface area contributed by atoms with E-state index in [9.17, 15) is 4.79 Å². The number of H-pyrrole nitrogens is 1. The Kier molecular flexibility index (Phi) is 2.73. The summed E-state index contributed by atoms with van der Waals surface area (Å²) >= 11 is 0. The van der Waals surface area contributed by atoms with Gasteiger partial charge in [0.1, 0.15) is 11.5 Å². The predicted molar refractivity (Wildman–Crippen MR) is 56.4 cm³/mol. The largest absolute Gasteiger partial charge is 0.338 e. The number of rotatable bonds is 1. The molecule has 1 amide bonds. The summed E-state index contributed by atoms with van der Waals surface area (Å²) in [5.74, 6) is 0.801. The van der Waals surface area contributed by atoms with Crippen molar-refractivity contribution in [1.29, 1.82) is 0 Å². The van der Waals surface area contributed by atoms with Crippen LogP contribution in [0.4, 0.5) is 0 Å². The predicted octanol–water partition coefficient (Wildman–Crippen LogP) is 0.281. The van der Waals surface area contributed by atoms with E-state index in [2.05, 4.69) is 9.97 Å². The molecule has 0 saturated carbocycles. The molecule has 0 unspecified atom stereocenters. The minimum Gasteiger partial charge on any atom is -0.338 e. The van der Waals surface area contributed by atoms with E-state index in [4.69, 9.17) is 5.73 Å². The van der Waals surface area contributed by atoms with Crippen molar-refractivity contribution in [2.75, 3.05) is 13.1 Å². The maximum absolute atomic E-state index is 11.9. The molecule has 5 heteroatoms. The normalized spacial score (nSPS) is 18.1. The molecule has 1 aromatic heterocycles. The average molecular weight is 208 g/mol. The van der Waals surface area contributed by atoms with Gasteiger partial charge in [-0.05, 0) is 19.8 Å². The van der Waals surface area contributed by atoms with Crippen LogP contribution in [0.2, 0.25) is 0 Å². The molecule has 3 N–H and O–H groups in total. The highest BCUT2D eigenvalue weighted by atomic mass is 16.2. The lowest BCUT2D eigenvalue weighted by Gasteiger charge is -2.29. The molecule has 0 spiro atoms. The fourth-order valence-corrected chi connectivity index (χ4v) is 1.80. The minimum atomic E-state index is 0.0301.